The predicted molar refractivity (Wildman–Crippen MR) is 55.6 cm³/mol. The third-order valence-corrected chi connectivity index (χ3v) is 3.28. The van der Waals surface area contributed by atoms with Crippen molar-refractivity contribution < 1.29 is 9.90 Å². The van der Waals surface area contributed by atoms with Crippen molar-refractivity contribution in [1.29, 1.82) is 0 Å². The maximum atomic E-state index is 11.6. The second-order valence-electron chi connectivity index (χ2n) is 3.75. The fraction of sp³-hybridized carbons (Fsp3) is 0.667. The SMILES string of the molecule is O=C(NC1CCCC1CO)c1cnsn1. The lowest BCUT2D eigenvalue weighted by atomic mass is 10.1. The minimum Gasteiger partial charge on any atom is -0.396 e. The Labute approximate surface area is 91.8 Å². The summed E-state index contributed by atoms with van der Waals surface area (Å²) in [6.45, 7) is 0.139. The summed E-state index contributed by atoms with van der Waals surface area (Å²) < 4.78 is 7.64. The van der Waals surface area contributed by atoms with Gasteiger partial charge in [-0.3, -0.25) is 4.79 Å². The first-order chi connectivity index (χ1) is 7.31. The van der Waals surface area contributed by atoms with E-state index in [4.69, 9.17) is 5.11 Å². The number of hydrogen-bond acceptors (Lipinski definition) is 5. The summed E-state index contributed by atoms with van der Waals surface area (Å²) in [5.41, 5.74) is 0.364. The van der Waals surface area contributed by atoms with Crippen molar-refractivity contribution in [2.24, 2.45) is 5.92 Å². The van der Waals surface area contributed by atoms with Gasteiger partial charge in [0.25, 0.3) is 5.91 Å². The molecular formula is C9H13N3O2S. The molecule has 2 rings (SSSR count). The molecule has 0 aliphatic heterocycles. The van der Waals surface area contributed by atoms with Crippen molar-refractivity contribution in [3.05, 3.63) is 11.9 Å². The fourth-order valence-electron chi connectivity index (χ4n) is 1.95. The average Bonchev–Trinajstić information content (AvgIpc) is 2.87. The Morgan fingerprint density at radius 3 is 3.20 bits per heavy atom. The number of aliphatic hydroxyl groups is 1. The van der Waals surface area contributed by atoms with Gasteiger partial charge in [-0.25, -0.2) is 0 Å². The largest absolute Gasteiger partial charge is 0.396 e. The van der Waals surface area contributed by atoms with Crippen molar-refractivity contribution in [2.45, 2.75) is 25.3 Å². The Hall–Kier alpha value is -1.01. The van der Waals surface area contributed by atoms with E-state index < -0.39 is 0 Å². The number of hydrogen-bond donors (Lipinski definition) is 2. The first-order valence-corrected chi connectivity index (χ1v) is 5.73. The van der Waals surface area contributed by atoms with Gasteiger partial charge in [0.05, 0.1) is 17.9 Å². The highest BCUT2D eigenvalue weighted by molar-refractivity contribution is 6.99. The number of aliphatic hydroxyl groups excluding tert-OH is 1. The summed E-state index contributed by atoms with van der Waals surface area (Å²) in [5, 5.41) is 12.0. The van der Waals surface area contributed by atoms with Crippen LogP contribution in [0.15, 0.2) is 6.20 Å². The Kier molecular flexibility index (Phi) is 3.27. The van der Waals surface area contributed by atoms with E-state index in [0.29, 0.717) is 5.69 Å². The number of carbonyl (C=O) groups excluding carboxylic acids is 1. The predicted octanol–water partition coefficient (Wildman–Crippen LogP) is 0.429. The van der Waals surface area contributed by atoms with E-state index >= 15 is 0 Å². The Balaban J connectivity index is 1.94. The first kappa shape index (κ1) is 10.5. The van der Waals surface area contributed by atoms with Crippen LogP contribution in [-0.2, 0) is 0 Å². The molecular weight excluding hydrogens is 214 g/mol. The molecule has 82 valence electrons. The Morgan fingerprint density at radius 2 is 2.53 bits per heavy atom. The van der Waals surface area contributed by atoms with Crippen LogP contribution in [0.5, 0.6) is 0 Å². The van der Waals surface area contributed by atoms with Crippen molar-refractivity contribution >= 4 is 17.6 Å². The average molecular weight is 227 g/mol. The summed E-state index contributed by atoms with van der Waals surface area (Å²) in [7, 11) is 0. The molecule has 15 heavy (non-hydrogen) atoms. The molecule has 1 aromatic rings. The summed E-state index contributed by atoms with van der Waals surface area (Å²) in [5.74, 6) is 0.00893. The summed E-state index contributed by atoms with van der Waals surface area (Å²) in [6, 6.07) is 0.0872. The molecule has 2 N–H and O–H groups in total. The van der Waals surface area contributed by atoms with E-state index in [-0.39, 0.29) is 24.5 Å². The van der Waals surface area contributed by atoms with E-state index in [9.17, 15) is 4.79 Å². The van der Waals surface area contributed by atoms with Crippen LogP contribution < -0.4 is 5.32 Å². The molecule has 2 atom stereocenters. The standard InChI is InChI=1S/C9H13N3O2S/c13-5-6-2-1-3-7(6)11-9(14)8-4-10-15-12-8/h4,6-7,13H,1-3,5H2,(H,11,14). The maximum absolute atomic E-state index is 11.6. The Morgan fingerprint density at radius 1 is 1.67 bits per heavy atom. The van der Waals surface area contributed by atoms with Crippen molar-refractivity contribution in [3.63, 3.8) is 0 Å². The number of nitrogens with zero attached hydrogens (tertiary/aromatic N) is 2. The molecule has 1 amide bonds. The van der Waals surface area contributed by atoms with Crippen LogP contribution in [-0.4, -0.2) is 32.4 Å². The van der Waals surface area contributed by atoms with Crippen LogP contribution in [0, 0.1) is 5.92 Å². The van der Waals surface area contributed by atoms with Gasteiger partial charge in [-0.05, 0) is 12.8 Å². The zero-order valence-electron chi connectivity index (χ0n) is 8.22. The van der Waals surface area contributed by atoms with Crippen molar-refractivity contribution in [3.8, 4) is 0 Å². The quantitative estimate of drug-likeness (QED) is 0.785. The molecule has 1 aromatic heterocycles. The van der Waals surface area contributed by atoms with Crippen LogP contribution in [0.3, 0.4) is 0 Å². The van der Waals surface area contributed by atoms with Gasteiger partial charge in [0.2, 0.25) is 0 Å². The van der Waals surface area contributed by atoms with E-state index in [0.717, 1.165) is 31.0 Å². The molecule has 6 heteroatoms. The van der Waals surface area contributed by atoms with Gasteiger partial charge >= 0.3 is 0 Å². The van der Waals surface area contributed by atoms with Gasteiger partial charge in [-0.2, -0.15) is 8.75 Å². The molecule has 1 aliphatic rings. The van der Waals surface area contributed by atoms with E-state index in [1.165, 1.54) is 6.20 Å². The molecule has 1 fully saturated rings. The van der Waals surface area contributed by atoms with Crippen molar-refractivity contribution in [1.82, 2.24) is 14.1 Å². The van der Waals surface area contributed by atoms with Crippen LogP contribution in [0.2, 0.25) is 0 Å². The molecule has 0 radical (unpaired) electrons. The minimum atomic E-state index is -0.186. The van der Waals surface area contributed by atoms with Gasteiger partial charge in [0.15, 0.2) is 5.69 Å². The van der Waals surface area contributed by atoms with Gasteiger partial charge in [0, 0.05) is 18.6 Å². The van der Waals surface area contributed by atoms with Crippen LogP contribution in [0.25, 0.3) is 0 Å². The summed E-state index contributed by atoms with van der Waals surface area (Å²) >= 11 is 1.02. The van der Waals surface area contributed by atoms with Gasteiger partial charge in [0.1, 0.15) is 0 Å². The number of rotatable bonds is 3. The summed E-state index contributed by atoms with van der Waals surface area (Å²) in [6.07, 6.45) is 4.44. The number of amides is 1. The van der Waals surface area contributed by atoms with Crippen LogP contribution in [0.1, 0.15) is 29.8 Å². The van der Waals surface area contributed by atoms with Crippen LogP contribution >= 0.6 is 11.7 Å². The molecule has 0 bridgehead atoms. The second kappa shape index (κ2) is 4.67. The second-order valence-corrected chi connectivity index (χ2v) is 4.30. The Bertz CT molecular complexity index is 328. The third-order valence-electron chi connectivity index (χ3n) is 2.80. The molecule has 0 spiro atoms. The molecule has 1 aliphatic carbocycles. The smallest absolute Gasteiger partial charge is 0.272 e. The lowest BCUT2D eigenvalue weighted by Gasteiger charge is -2.17. The lowest BCUT2D eigenvalue weighted by molar-refractivity contribution is 0.0912. The maximum Gasteiger partial charge on any atom is 0.272 e. The zero-order valence-corrected chi connectivity index (χ0v) is 9.04. The first-order valence-electron chi connectivity index (χ1n) is 5.00. The molecule has 0 saturated heterocycles. The molecule has 1 heterocycles. The van der Waals surface area contributed by atoms with Gasteiger partial charge in [-0.15, -0.1) is 0 Å². The molecule has 5 nitrogen and oxygen atoms in total. The normalized spacial score (nSPS) is 25.4. The third kappa shape index (κ3) is 2.32. The minimum absolute atomic E-state index is 0.0872. The van der Waals surface area contributed by atoms with Gasteiger partial charge < -0.3 is 10.4 Å². The zero-order chi connectivity index (χ0) is 10.7. The monoisotopic (exact) mass is 227 g/mol. The van der Waals surface area contributed by atoms with Crippen molar-refractivity contribution in [2.75, 3.05) is 6.61 Å². The lowest BCUT2D eigenvalue weighted by Crippen LogP contribution is -2.38. The molecule has 0 aromatic carbocycles. The topological polar surface area (TPSA) is 75.1 Å². The van der Waals surface area contributed by atoms with Gasteiger partial charge in [-0.1, -0.05) is 6.42 Å². The van der Waals surface area contributed by atoms with E-state index in [1.807, 2.05) is 0 Å². The molecule has 1 saturated carbocycles. The number of carbonyl (C=O) groups is 1. The highest BCUT2D eigenvalue weighted by Gasteiger charge is 2.28. The van der Waals surface area contributed by atoms with Crippen LogP contribution in [0.4, 0.5) is 0 Å². The van der Waals surface area contributed by atoms with E-state index in [1.54, 1.807) is 0 Å². The summed E-state index contributed by atoms with van der Waals surface area (Å²) in [4.78, 5) is 11.6. The fourth-order valence-corrected chi connectivity index (χ4v) is 2.36. The van der Waals surface area contributed by atoms with E-state index in [2.05, 4.69) is 14.1 Å². The number of aromatic nitrogens is 2. The molecule has 2 unspecified atom stereocenters. The number of nitrogens with one attached hydrogen (secondary N) is 1. The highest BCUT2D eigenvalue weighted by atomic mass is 32.1. The highest BCUT2D eigenvalue weighted by Crippen LogP contribution is 2.25.